The number of aryl methyl sites for hydroxylation is 1. The van der Waals surface area contributed by atoms with Crippen molar-refractivity contribution in [2.75, 3.05) is 13.1 Å². The van der Waals surface area contributed by atoms with Gasteiger partial charge in [-0.3, -0.25) is 4.79 Å². The fourth-order valence-corrected chi connectivity index (χ4v) is 4.83. The Morgan fingerprint density at radius 1 is 1.10 bits per heavy atom. The fraction of sp³-hybridized carbons (Fsp3) is 0.591. The molecule has 1 saturated carbocycles. The summed E-state index contributed by atoms with van der Waals surface area (Å²) in [5.74, 6) is 0.149. The van der Waals surface area contributed by atoms with Crippen LogP contribution >= 0.6 is 0 Å². The van der Waals surface area contributed by atoms with Gasteiger partial charge >= 0.3 is 12.0 Å². The Morgan fingerprint density at radius 2 is 1.79 bits per heavy atom. The molecule has 1 aliphatic heterocycles. The van der Waals surface area contributed by atoms with Crippen molar-refractivity contribution in [3.05, 3.63) is 30.1 Å². The zero-order chi connectivity index (χ0) is 20.4. The van der Waals surface area contributed by atoms with Crippen LogP contribution in [0.5, 0.6) is 0 Å². The molecule has 156 valence electrons. The van der Waals surface area contributed by atoms with Crippen LogP contribution in [0.15, 0.2) is 24.3 Å². The van der Waals surface area contributed by atoms with Gasteiger partial charge in [-0.05, 0) is 50.7 Å². The molecule has 4 rings (SSSR count). The van der Waals surface area contributed by atoms with E-state index in [1.165, 1.54) is 5.52 Å². The van der Waals surface area contributed by atoms with Crippen molar-refractivity contribution in [3.63, 3.8) is 0 Å². The van der Waals surface area contributed by atoms with E-state index < -0.39 is 5.97 Å². The van der Waals surface area contributed by atoms with Gasteiger partial charge in [0, 0.05) is 31.6 Å². The number of hydrogen-bond acceptors (Lipinski definition) is 3. The molecule has 29 heavy (non-hydrogen) atoms. The van der Waals surface area contributed by atoms with E-state index in [4.69, 9.17) is 10.1 Å². The molecule has 1 aromatic heterocycles. The monoisotopic (exact) mass is 398 g/mol. The summed E-state index contributed by atoms with van der Waals surface area (Å²) in [7, 11) is 0. The minimum absolute atomic E-state index is 0.00608. The molecule has 7 nitrogen and oxygen atoms in total. The highest BCUT2D eigenvalue weighted by Gasteiger charge is 2.30. The summed E-state index contributed by atoms with van der Waals surface area (Å²) in [5, 5.41) is 12.2. The lowest BCUT2D eigenvalue weighted by Gasteiger charge is -2.35. The van der Waals surface area contributed by atoms with E-state index in [1.807, 2.05) is 11.0 Å². The first-order valence-corrected chi connectivity index (χ1v) is 10.8. The number of piperidine rings is 1. The maximum absolute atomic E-state index is 12.7. The number of hydrogen-bond donors (Lipinski definition) is 2. The van der Waals surface area contributed by atoms with Gasteiger partial charge in [0.15, 0.2) is 0 Å². The first kappa shape index (κ1) is 19.7. The number of aromatic nitrogens is 2. The molecule has 0 radical (unpaired) electrons. The lowest BCUT2D eigenvalue weighted by molar-refractivity contribution is -0.142. The van der Waals surface area contributed by atoms with Crippen LogP contribution in [0.2, 0.25) is 0 Å². The van der Waals surface area contributed by atoms with Crippen molar-refractivity contribution in [2.45, 2.75) is 64.0 Å². The number of para-hydroxylation sites is 2. The first-order valence-electron chi connectivity index (χ1n) is 10.8. The van der Waals surface area contributed by atoms with Crippen molar-refractivity contribution >= 4 is 23.0 Å². The zero-order valence-corrected chi connectivity index (χ0v) is 17.0. The average Bonchev–Trinajstić information content (AvgIpc) is 3.13. The SMILES string of the molecule is CCc1nc2ccccc2n1C1CCN(C(=O)NC2CCC(C(=O)O)CC2)CC1. The molecule has 0 atom stereocenters. The number of nitrogens with one attached hydrogen (secondary N) is 1. The maximum Gasteiger partial charge on any atom is 0.317 e. The molecule has 1 aromatic carbocycles. The number of nitrogens with zero attached hydrogens (tertiary/aromatic N) is 3. The summed E-state index contributed by atoms with van der Waals surface area (Å²) >= 11 is 0. The zero-order valence-electron chi connectivity index (χ0n) is 17.0. The highest BCUT2D eigenvalue weighted by Crippen LogP contribution is 2.29. The number of carbonyl (C=O) groups excluding carboxylic acids is 1. The van der Waals surface area contributed by atoms with E-state index in [9.17, 15) is 9.59 Å². The van der Waals surface area contributed by atoms with Gasteiger partial charge in [0.05, 0.1) is 17.0 Å². The molecule has 0 spiro atoms. The number of rotatable bonds is 4. The van der Waals surface area contributed by atoms with E-state index in [0.29, 0.717) is 18.9 Å². The standard InChI is InChI=1S/C22H30N4O3/c1-2-20-24-18-5-3-4-6-19(18)26(20)17-11-13-25(14-12-17)22(29)23-16-9-7-15(8-10-16)21(27)28/h3-6,15-17H,2,7-14H2,1H3,(H,23,29)(H,27,28). The third kappa shape index (κ3) is 4.09. The molecule has 0 bridgehead atoms. The summed E-state index contributed by atoms with van der Waals surface area (Å²) in [5.41, 5.74) is 2.23. The Kier molecular flexibility index (Phi) is 5.74. The third-order valence-corrected chi connectivity index (χ3v) is 6.51. The topological polar surface area (TPSA) is 87.5 Å². The predicted octanol–water partition coefficient (Wildman–Crippen LogP) is 3.59. The summed E-state index contributed by atoms with van der Waals surface area (Å²) in [6.45, 7) is 3.60. The second kappa shape index (κ2) is 8.43. The number of imidazole rings is 1. The molecule has 2 aromatic rings. The molecule has 2 heterocycles. The van der Waals surface area contributed by atoms with Crippen LogP contribution in [0.25, 0.3) is 11.0 Å². The Morgan fingerprint density at radius 3 is 2.45 bits per heavy atom. The van der Waals surface area contributed by atoms with Gasteiger partial charge in [-0.15, -0.1) is 0 Å². The molecular weight excluding hydrogens is 368 g/mol. The second-order valence-corrected chi connectivity index (χ2v) is 8.29. The smallest absolute Gasteiger partial charge is 0.317 e. The third-order valence-electron chi connectivity index (χ3n) is 6.51. The summed E-state index contributed by atoms with van der Waals surface area (Å²) in [4.78, 5) is 30.5. The van der Waals surface area contributed by atoms with Gasteiger partial charge in [0.1, 0.15) is 5.82 Å². The Hall–Kier alpha value is -2.57. The number of benzene rings is 1. The highest BCUT2D eigenvalue weighted by molar-refractivity contribution is 5.76. The van der Waals surface area contributed by atoms with Gasteiger partial charge in [-0.2, -0.15) is 0 Å². The van der Waals surface area contributed by atoms with E-state index in [0.717, 1.165) is 56.5 Å². The van der Waals surface area contributed by atoms with Crippen LogP contribution in [0.1, 0.15) is 57.3 Å². The molecular formula is C22H30N4O3. The van der Waals surface area contributed by atoms with Gasteiger partial charge in [-0.1, -0.05) is 19.1 Å². The number of aliphatic carboxylic acids is 1. The number of fused-ring (bicyclic) bond motifs is 1. The van der Waals surface area contributed by atoms with E-state index in [2.05, 4.69) is 35.0 Å². The van der Waals surface area contributed by atoms with Gasteiger partial charge in [0.25, 0.3) is 0 Å². The molecule has 2 amide bonds. The Bertz CT molecular complexity index is 877. The van der Waals surface area contributed by atoms with Gasteiger partial charge in [-0.25, -0.2) is 9.78 Å². The van der Waals surface area contributed by atoms with Crippen LogP contribution in [0, 0.1) is 5.92 Å². The van der Waals surface area contributed by atoms with Crippen molar-refractivity contribution in [1.82, 2.24) is 19.8 Å². The summed E-state index contributed by atoms with van der Waals surface area (Å²) in [6.07, 6.45) is 5.54. The van der Waals surface area contributed by atoms with Crippen LogP contribution in [0.4, 0.5) is 4.79 Å². The van der Waals surface area contributed by atoms with Gasteiger partial charge in [0.2, 0.25) is 0 Å². The number of likely N-dealkylation sites (tertiary alicyclic amines) is 1. The van der Waals surface area contributed by atoms with Crippen molar-refractivity contribution in [3.8, 4) is 0 Å². The second-order valence-electron chi connectivity index (χ2n) is 8.29. The van der Waals surface area contributed by atoms with Crippen molar-refractivity contribution in [2.24, 2.45) is 5.92 Å². The van der Waals surface area contributed by atoms with Crippen molar-refractivity contribution in [1.29, 1.82) is 0 Å². The maximum atomic E-state index is 12.7. The largest absolute Gasteiger partial charge is 0.481 e. The molecule has 7 heteroatoms. The molecule has 2 fully saturated rings. The molecule has 2 N–H and O–H groups in total. The number of carboxylic acids is 1. The number of urea groups is 1. The Balaban J connectivity index is 1.34. The average molecular weight is 399 g/mol. The van der Waals surface area contributed by atoms with Crippen LogP contribution in [0.3, 0.4) is 0 Å². The summed E-state index contributed by atoms with van der Waals surface area (Å²) < 4.78 is 2.37. The van der Waals surface area contributed by atoms with Crippen LogP contribution < -0.4 is 5.32 Å². The summed E-state index contributed by atoms with van der Waals surface area (Å²) in [6, 6.07) is 8.74. The van der Waals surface area contributed by atoms with E-state index in [-0.39, 0.29) is 18.0 Å². The lowest BCUT2D eigenvalue weighted by Crippen LogP contribution is -2.49. The minimum atomic E-state index is -0.713. The predicted molar refractivity (Wildman–Crippen MR) is 111 cm³/mol. The van der Waals surface area contributed by atoms with E-state index in [1.54, 1.807) is 0 Å². The van der Waals surface area contributed by atoms with Crippen LogP contribution in [-0.4, -0.2) is 50.7 Å². The molecule has 0 unspecified atom stereocenters. The van der Waals surface area contributed by atoms with Gasteiger partial charge < -0.3 is 19.9 Å². The Labute approximate surface area is 171 Å². The number of carbonyl (C=O) groups is 2. The molecule has 1 saturated heterocycles. The fourth-order valence-electron chi connectivity index (χ4n) is 4.83. The first-order chi connectivity index (χ1) is 14.1. The van der Waals surface area contributed by atoms with Crippen molar-refractivity contribution < 1.29 is 14.7 Å². The normalized spacial score (nSPS) is 23.3. The number of carboxylic acid groups (broad SMARTS) is 1. The number of amides is 2. The lowest BCUT2D eigenvalue weighted by atomic mass is 9.86. The molecule has 2 aliphatic rings. The highest BCUT2D eigenvalue weighted by atomic mass is 16.4. The van der Waals surface area contributed by atoms with Crippen LogP contribution in [-0.2, 0) is 11.2 Å². The molecule has 1 aliphatic carbocycles. The quantitative estimate of drug-likeness (QED) is 0.824. The van der Waals surface area contributed by atoms with E-state index >= 15 is 0 Å². The minimum Gasteiger partial charge on any atom is -0.481 e.